The SMILES string of the molecule is N#CCc1ccncc1-c1c(Cl)cccc1Cl. The van der Waals surface area contributed by atoms with E-state index in [-0.39, 0.29) is 0 Å². The summed E-state index contributed by atoms with van der Waals surface area (Å²) in [7, 11) is 0. The minimum atomic E-state index is 0.305. The monoisotopic (exact) mass is 262 g/mol. The van der Waals surface area contributed by atoms with Gasteiger partial charge in [-0.25, -0.2) is 0 Å². The van der Waals surface area contributed by atoms with Crippen LogP contribution in [-0.2, 0) is 6.42 Å². The Morgan fingerprint density at radius 1 is 1.18 bits per heavy atom. The zero-order valence-corrected chi connectivity index (χ0v) is 10.3. The van der Waals surface area contributed by atoms with Gasteiger partial charge in [0, 0.05) is 33.6 Å². The van der Waals surface area contributed by atoms with Crippen molar-refractivity contribution in [1.29, 1.82) is 5.26 Å². The van der Waals surface area contributed by atoms with Gasteiger partial charge in [-0.3, -0.25) is 4.98 Å². The van der Waals surface area contributed by atoms with Crippen LogP contribution in [0.2, 0.25) is 10.0 Å². The number of hydrogen-bond acceptors (Lipinski definition) is 2. The van der Waals surface area contributed by atoms with Gasteiger partial charge in [0.25, 0.3) is 0 Å². The molecule has 0 bridgehead atoms. The van der Waals surface area contributed by atoms with Gasteiger partial charge in [0.05, 0.1) is 12.5 Å². The zero-order valence-electron chi connectivity index (χ0n) is 8.82. The predicted octanol–water partition coefficient (Wildman–Crippen LogP) is 4.12. The number of pyridine rings is 1. The molecule has 0 unspecified atom stereocenters. The van der Waals surface area contributed by atoms with Gasteiger partial charge in [0.1, 0.15) is 0 Å². The number of nitrogens with zero attached hydrogens (tertiary/aromatic N) is 2. The number of aromatic nitrogens is 1. The number of rotatable bonds is 2. The Labute approximate surface area is 109 Å². The van der Waals surface area contributed by atoms with E-state index in [1.807, 2.05) is 0 Å². The first-order valence-electron chi connectivity index (χ1n) is 4.98. The van der Waals surface area contributed by atoms with Crippen LogP contribution in [0.4, 0.5) is 0 Å². The summed E-state index contributed by atoms with van der Waals surface area (Å²) in [5.74, 6) is 0. The lowest BCUT2D eigenvalue weighted by Crippen LogP contribution is -1.91. The van der Waals surface area contributed by atoms with Gasteiger partial charge < -0.3 is 0 Å². The molecule has 0 aliphatic rings. The Bertz CT molecular complexity index is 568. The van der Waals surface area contributed by atoms with Gasteiger partial charge in [-0.1, -0.05) is 29.3 Å². The Morgan fingerprint density at radius 3 is 2.53 bits per heavy atom. The molecular formula is C13H8Cl2N2. The summed E-state index contributed by atoms with van der Waals surface area (Å²) in [5, 5.41) is 9.91. The van der Waals surface area contributed by atoms with E-state index in [0.717, 1.165) is 16.7 Å². The minimum Gasteiger partial charge on any atom is -0.264 e. The number of benzene rings is 1. The maximum Gasteiger partial charge on any atom is 0.0669 e. The lowest BCUT2D eigenvalue weighted by Gasteiger charge is -2.10. The fraction of sp³-hybridized carbons (Fsp3) is 0.0769. The van der Waals surface area contributed by atoms with E-state index in [9.17, 15) is 0 Å². The van der Waals surface area contributed by atoms with E-state index >= 15 is 0 Å². The Kier molecular flexibility index (Phi) is 3.63. The summed E-state index contributed by atoms with van der Waals surface area (Å²) in [5.41, 5.74) is 2.41. The first-order chi connectivity index (χ1) is 8.24. The summed E-state index contributed by atoms with van der Waals surface area (Å²) < 4.78 is 0. The predicted molar refractivity (Wildman–Crippen MR) is 69.0 cm³/mol. The lowest BCUT2D eigenvalue weighted by atomic mass is 10.0. The summed E-state index contributed by atoms with van der Waals surface area (Å²) in [6.45, 7) is 0. The molecule has 0 spiro atoms. The first kappa shape index (κ1) is 11.9. The molecule has 0 fully saturated rings. The third kappa shape index (κ3) is 2.41. The van der Waals surface area contributed by atoms with Crippen LogP contribution >= 0.6 is 23.2 Å². The molecule has 0 atom stereocenters. The van der Waals surface area contributed by atoms with Crippen molar-refractivity contribution >= 4 is 23.2 Å². The highest BCUT2D eigenvalue weighted by molar-refractivity contribution is 6.39. The van der Waals surface area contributed by atoms with Gasteiger partial charge in [0.15, 0.2) is 0 Å². The van der Waals surface area contributed by atoms with Gasteiger partial charge in [-0.15, -0.1) is 0 Å². The van der Waals surface area contributed by atoms with Gasteiger partial charge in [0.2, 0.25) is 0 Å². The molecule has 0 N–H and O–H groups in total. The van der Waals surface area contributed by atoms with Crippen molar-refractivity contribution in [2.75, 3.05) is 0 Å². The van der Waals surface area contributed by atoms with Crippen molar-refractivity contribution in [2.45, 2.75) is 6.42 Å². The highest BCUT2D eigenvalue weighted by Crippen LogP contribution is 2.35. The van der Waals surface area contributed by atoms with Gasteiger partial charge in [-0.2, -0.15) is 5.26 Å². The van der Waals surface area contributed by atoms with E-state index in [4.69, 9.17) is 28.5 Å². The largest absolute Gasteiger partial charge is 0.264 e. The maximum atomic E-state index is 8.79. The van der Waals surface area contributed by atoms with Crippen molar-refractivity contribution in [3.63, 3.8) is 0 Å². The van der Waals surface area contributed by atoms with Crippen LogP contribution in [0.25, 0.3) is 11.1 Å². The first-order valence-corrected chi connectivity index (χ1v) is 5.74. The number of halogens is 2. The molecule has 84 valence electrons. The normalized spacial score (nSPS) is 9.94. The molecule has 0 saturated heterocycles. The molecular weight excluding hydrogens is 255 g/mol. The third-order valence-electron chi connectivity index (χ3n) is 2.41. The quantitative estimate of drug-likeness (QED) is 0.817. The van der Waals surface area contributed by atoms with Gasteiger partial charge >= 0.3 is 0 Å². The second-order valence-corrected chi connectivity index (χ2v) is 4.28. The van der Waals surface area contributed by atoms with Crippen LogP contribution in [0, 0.1) is 11.3 Å². The fourth-order valence-corrected chi connectivity index (χ4v) is 2.24. The molecule has 2 rings (SSSR count). The second kappa shape index (κ2) is 5.18. The van der Waals surface area contributed by atoms with Crippen molar-refractivity contribution in [1.82, 2.24) is 4.98 Å². The topological polar surface area (TPSA) is 36.7 Å². The number of nitriles is 1. The van der Waals surface area contributed by atoms with Crippen molar-refractivity contribution in [3.05, 3.63) is 52.3 Å². The molecule has 0 aliphatic heterocycles. The van der Waals surface area contributed by atoms with E-state index in [1.54, 1.807) is 36.7 Å². The molecule has 4 heteroatoms. The fourth-order valence-electron chi connectivity index (χ4n) is 1.64. The second-order valence-electron chi connectivity index (χ2n) is 3.46. The molecule has 0 saturated carbocycles. The van der Waals surface area contributed by atoms with Crippen LogP contribution in [0.3, 0.4) is 0 Å². The van der Waals surface area contributed by atoms with Gasteiger partial charge in [-0.05, 0) is 23.8 Å². The van der Waals surface area contributed by atoms with Crippen LogP contribution in [0.5, 0.6) is 0 Å². The van der Waals surface area contributed by atoms with E-state index in [1.165, 1.54) is 0 Å². The van der Waals surface area contributed by atoms with Crippen LogP contribution in [0.1, 0.15) is 5.56 Å². The van der Waals surface area contributed by atoms with E-state index < -0.39 is 0 Å². The summed E-state index contributed by atoms with van der Waals surface area (Å²) in [4.78, 5) is 4.06. The molecule has 0 radical (unpaired) electrons. The van der Waals surface area contributed by atoms with Crippen LogP contribution in [-0.4, -0.2) is 4.98 Å². The molecule has 0 amide bonds. The molecule has 2 aromatic rings. The van der Waals surface area contributed by atoms with Crippen molar-refractivity contribution < 1.29 is 0 Å². The zero-order chi connectivity index (χ0) is 12.3. The Balaban J connectivity index is 2.65. The van der Waals surface area contributed by atoms with E-state index in [0.29, 0.717) is 16.5 Å². The lowest BCUT2D eigenvalue weighted by molar-refractivity contribution is 1.21. The summed E-state index contributed by atoms with van der Waals surface area (Å²) >= 11 is 12.3. The standard InChI is InChI=1S/C13H8Cl2N2/c14-11-2-1-3-12(15)13(11)10-8-17-7-5-9(10)4-6-16/h1-3,5,7-8H,4H2. The minimum absolute atomic E-state index is 0.305. The molecule has 1 aromatic heterocycles. The maximum absolute atomic E-state index is 8.79. The average molecular weight is 263 g/mol. The molecule has 1 aromatic carbocycles. The third-order valence-corrected chi connectivity index (χ3v) is 3.04. The highest BCUT2D eigenvalue weighted by Gasteiger charge is 2.12. The number of hydrogen-bond donors (Lipinski definition) is 0. The summed E-state index contributed by atoms with van der Waals surface area (Å²) in [6, 6.07) is 9.25. The van der Waals surface area contributed by atoms with Crippen molar-refractivity contribution in [2.24, 2.45) is 0 Å². The summed E-state index contributed by atoms with van der Waals surface area (Å²) in [6.07, 6.45) is 3.64. The Hall–Kier alpha value is -1.56. The molecule has 1 heterocycles. The van der Waals surface area contributed by atoms with E-state index in [2.05, 4.69) is 11.1 Å². The smallest absolute Gasteiger partial charge is 0.0669 e. The molecule has 2 nitrogen and oxygen atoms in total. The van der Waals surface area contributed by atoms with Crippen LogP contribution < -0.4 is 0 Å². The Morgan fingerprint density at radius 2 is 1.88 bits per heavy atom. The molecule has 17 heavy (non-hydrogen) atoms. The molecule has 0 aliphatic carbocycles. The highest BCUT2D eigenvalue weighted by atomic mass is 35.5. The van der Waals surface area contributed by atoms with Crippen LogP contribution in [0.15, 0.2) is 36.7 Å². The van der Waals surface area contributed by atoms with Crippen molar-refractivity contribution in [3.8, 4) is 17.2 Å². The average Bonchev–Trinajstić information content (AvgIpc) is 2.31.